The van der Waals surface area contributed by atoms with Crippen LogP contribution in [-0.2, 0) is 0 Å². The van der Waals surface area contributed by atoms with E-state index in [2.05, 4.69) is 48.5 Å². The van der Waals surface area contributed by atoms with Crippen LogP contribution in [0.3, 0.4) is 0 Å². The second-order valence-electron chi connectivity index (χ2n) is 6.69. The first-order chi connectivity index (χ1) is 11.9. The zero-order chi connectivity index (χ0) is 15.4. The summed E-state index contributed by atoms with van der Waals surface area (Å²) < 4.78 is 0. The maximum Gasteiger partial charge on any atom is 0.0715 e. The molecule has 0 saturated carbocycles. The fourth-order valence-corrected chi connectivity index (χ4v) is 4.60. The summed E-state index contributed by atoms with van der Waals surface area (Å²) in [6.07, 6.45) is 4.01. The fourth-order valence-electron chi connectivity index (χ4n) is 4.60. The third-order valence-corrected chi connectivity index (χ3v) is 5.58. The summed E-state index contributed by atoms with van der Waals surface area (Å²) in [5, 5.41) is 12.9. The molecule has 0 atom stereocenters. The van der Waals surface area contributed by atoms with E-state index >= 15 is 0 Å². The van der Waals surface area contributed by atoms with E-state index in [0.29, 0.717) is 0 Å². The molecule has 0 bridgehead atoms. The molecule has 2 nitrogen and oxygen atoms in total. The molecule has 7 aromatic rings. The molecular formula is C22H10N2. The molecule has 2 aromatic heterocycles. The van der Waals surface area contributed by atoms with Crippen molar-refractivity contribution in [3.63, 3.8) is 0 Å². The molecule has 0 unspecified atom stereocenters. The van der Waals surface area contributed by atoms with E-state index in [1.807, 2.05) is 12.4 Å². The molecule has 7 rings (SSSR count). The van der Waals surface area contributed by atoms with Crippen molar-refractivity contribution in [2.45, 2.75) is 0 Å². The molecule has 0 spiro atoms. The minimum absolute atomic E-state index is 1.08. The standard InChI is InChI=1S/C22H10N2/c1-3-13-9-23-16-8-6-12-2-4-14-10-24-15-7-5-11(1)17-19(13)22(16)18(12)20(14)21(15)17/h1-10H. The Hall–Kier alpha value is -3.26. The van der Waals surface area contributed by atoms with Gasteiger partial charge in [-0.15, -0.1) is 0 Å². The number of hydrogen-bond acceptors (Lipinski definition) is 2. The first kappa shape index (κ1) is 11.3. The predicted molar refractivity (Wildman–Crippen MR) is 101 cm³/mol. The Balaban J connectivity index is 2.11. The lowest BCUT2D eigenvalue weighted by molar-refractivity contribution is 1.44. The molecule has 0 N–H and O–H groups in total. The molecule has 0 amide bonds. The molecular weight excluding hydrogens is 292 g/mol. The average Bonchev–Trinajstić information content (AvgIpc) is 2.65. The maximum atomic E-state index is 4.73. The summed E-state index contributed by atoms with van der Waals surface area (Å²) in [6.45, 7) is 0. The second kappa shape index (κ2) is 3.46. The van der Waals surface area contributed by atoms with Crippen molar-refractivity contribution in [1.82, 2.24) is 9.97 Å². The summed E-state index contributed by atoms with van der Waals surface area (Å²) in [6, 6.07) is 17.5. The smallest absolute Gasteiger partial charge is 0.0715 e. The minimum atomic E-state index is 1.08. The van der Waals surface area contributed by atoms with Crippen LogP contribution in [0.4, 0.5) is 0 Å². The lowest BCUT2D eigenvalue weighted by Gasteiger charge is -2.19. The molecule has 0 aliphatic rings. The third kappa shape index (κ3) is 1.06. The van der Waals surface area contributed by atoms with Crippen LogP contribution in [0.2, 0.25) is 0 Å². The van der Waals surface area contributed by atoms with Crippen LogP contribution in [-0.4, -0.2) is 9.97 Å². The van der Waals surface area contributed by atoms with Gasteiger partial charge in [0, 0.05) is 55.5 Å². The van der Waals surface area contributed by atoms with E-state index in [9.17, 15) is 0 Å². The number of pyridine rings is 2. The van der Waals surface area contributed by atoms with Gasteiger partial charge in [-0.05, 0) is 22.9 Å². The molecule has 2 heterocycles. The summed E-state index contributed by atoms with van der Waals surface area (Å²) in [7, 11) is 0. The quantitative estimate of drug-likeness (QED) is 0.265. The van der Waals surface area contributed by atoms with Gasteiger partial charge >= 0.3 is 0 Å². The molecule has 0 saturated heterocycles. The van der Waals surface area contributed by atoms with Gasteiger partial charge < -0.3 is 0 Å². The van der Waals surface area contributed by atoms with E-state index in [-0.39, 0.29) is 0 Å². The van der Waals surface area contributed by atoms with Crippen LogP contribution in [0.25, 0.3) is 64.9 Å². The van der Waals surface area contributed by atoms with Crippen molar-refractivity contribution in [2.24, 2.45) is 0 Å². The Kier molecular flexibility index (Phi) is 1.63. The van der Waals surface area contributed by atoms with Gasteiger partial charge in [-0.1, -0.05) is 36.4 Å². The van der Waals surface area contributed by atoms with Crippen LogP contribution in [0, 0.1) is 0 Å². The van der Waals surface area contributed by atoms with Gasteiger partial charge in [-0.2, -0.15) is 0 Å². The van der Waals surface area contributed by atoms with Crippen LogP contribution >= 0.6 is 0 Å². The third-order valence-electron chi connectivity index (χ3n) is 5.58. The first-order valence-electron chi connectivity index (χ1n) is 8.18. The van der Waals surface area contributed by atoms with Gasteiger partial charge in [-0.3, -0.25) is 9.97 Å². The van der Waals surface area contributed by atoms with Crippen molar-refractivity contribution < 1.29 is 0 Å². The van der Waals surface area contributed by atoms with Gasteiger partial charge in [-0.25, -0.2) is 0 Å². The highest BCUT2D eigenvalue weighted by molar-refractivity contribution is 6.43. The van der Waals surface area contributed by atoms with Crippen molar-refractivity contribution >= 4 is 64.9 Å². The number of rotatable bonds is 0. The van der Waals surface area contributed by atoms with E-state index in [1.54, 1.807) is 0 Å². The zero-order valence-electron chi connectivity index (χ0n) is 12.7. The highest BCUT2D eigenvalue weighted by Crippen LogP contribution is 2.46. The van der Waals surface area contributed by atoms with Gasteiger partial charge in [0.25, 0.3) is 0 Å². The fraction of sp³-hybridized carbons (Fsp3) is 0. The van der Waals surface area contributed by atoms with Gasteiger partial charge in [0.15, 0.2) is 0 Å². The normalized spacial score (nSPS) is 13.0. The van der Waals surface area contributed by atoms with Crippen LogP contribution in [0.1, 0.15) is 0 Å². The molecule has 5 aromatic carbocycles. The van der Waals surface area contributed by atoms with Crippen LogP contribution < -0.4 is 0 Å². The number of aromatic nitrogens is 2. The van der Waals surface area contributed by atoms with Crippen LogP contribution in [0.5, 0.6) is 0 Å². The second-order valence-corrected chi connectivity index (χ2v) is 6.69. The molecule has 0 radical (unpaired) electrons. The van der Waals surface area contributed by atoms with E-state index in [4.69, 9.17) is 9.97 Å². The SMILES string of the molecule is c1cc2cnc3ccc4ccc5cnc6ccc1c1c2c3c4c5c61. The summed E-state index contributed by atoms with van der Waals surface area (Å²) >= 11 is 0. The maximum absolute atomic E-state index is 4.73. The van der Waals surface area contributed by atoms with Crippen LogP contribution in [0.15, 0.2) is 60.9 Å². The molecule has 0 aliphatic carbocycles. The summed E-state index contributed by atoms with van der Waals surface area (Å²) in [5.41, 5.74) is 2.16. The number of hydrogen-bond donors (Lipinski definition) is 0. The van der Waals surface area contributed by atoms with Crippen molar-refractivity contribution in [2.75, 3.05) is 0 Å². The average molecular weight is 302 g/mol. The molecule has 24 heavy (non-hydrogen) atoms. The minimum Gasteiger partial charge on any atom is -0.256 e. The number of benzene rings is 5. The summed E-state index contributed by atoms with van der Waals surface area (Å²) in [4.78, 5) is 9.45. The zero-order valence-corrected chi connectivity index (χ0v) is 12.7. The van der Waals surface area contributed by atoms with E-state index < -0.39 is 0 Å². The topological polar surface area (TPSA) is 25.8 Å². The van der Waals surface area contributed by atoms with Crippen molar-refractivity contribution in [3.05, 3.63) is 60.9 Å². The monoisotopic (exact) mass is 302 g/mol. The Morgan fingerprint density at radius 3 is 1.25 bits per heavy atom. The Morgan fingerprint density at radius 1 is 0.375 bits per heavy atom. The highest BCUT2D eigenvalue weighted by atomic mass is 14.7. The highest BCUT2D eigenvalue weighted by Gasteiger charge is 2.20. The number of nitrogens with zero attached hydrogens (tertiary/aromatic N) is 2. The lowest BCUT2D eigenvalue weighted by Crippen LogP contribution is -1.94. The predicted octanol–water partition coefficient (Wildman–Crippen LogP) is 5.71. The Bertz CT molecular complexity index is 1150. The molecule has 2 heteroatoms. The lowest BCUT2D eigenvalue weighted by atomic mass is 9.86. The van der Waals surface area contributed by atoms with Crippen molar-refractivity contribution in [1.29, 1.82) is 0 Å². The van der Waals surface area contributed by atoms with Gasteiger partial charge in [0.1, 0.15) is 0 Å². The van der Waals surface area contributed by atoms with E-state index in [1.165, 1.54) is 53.9 Å². The van der Waals surface area contributed by atoms with E-state index in [0.717, 1.165) is 11.0 Å². The van der Waals surface area contributed by atoms with Crippen molar-refractivity contribution in [3.8, 4) is 0 Å². The molecule has 108 valence electrons. The summed E-state index contributed by atoms with van der Waals surface area (Å²) in [5.74, 6) is 0. The Morgan fingerprint density at radius 2 is 0.750 bits per heavy atom. The Labute approximate surface area is 136 Å². The largest absolute Gasteiger partial charge is 0.256 e. The van der Waals surface area contributed by atoms with Gasteiger partial charge in [0.2, 0.25) is 0 Å². The first-order valence-corrected chi connectivity index (χ1v) is 8.18. The molecule has 0 aliphatic heterocycles. The molecule has 0 fully saturated rings. The van der Waals surface area contributed by atoms with Gasteiger partial charge in [0.05, 0.1) is 11.0 Å².